The molecule has 2 atom stereocenters. The lowest BCUT2D eigenvalue weighted by molar-refractivity contribution is 0.472. The summed E-state index contributed by atoms with van der Waals surface area (Å²) in [6.07, 6.45) is 8.72. The van der Waals surface area contributed by atoms with Crippen molar-refractivity contribution in [3.05, 3.63) is 60.2 Å². The molecule has 0 N–H and O–H groups in total. The number of fused-ring (bicyclic) bond motifs is 1. The zero-order valence-electron chi connectivity index (χ0n) is 11.0. The van der Waals surface area contributed by atoms with Crippen molar-refractivity contribution in [2.24, 2.45) is 5.92 Å². The number of hydrogen-bond acceptors (Lipinski definition) is 0. The highest BCUT2D eigenvalue weighted by atomic mass is 14.2. The van der Waals surface area contributed by atoms with Crippen LogP contribution in [0.15, 0.2) is 54.6 Å². The lowest BCUT2D eigenvalue weighted by Gasteiger charge is -2.25. The third-order valence-corrected chi connectivity index (χ3v) is 4.25. The number of allylic oxidation sites excluding steroid dienone is 2. The summed E-state index contributed by atoms with van der Waals surface area (Å²) in [5, 5.41) is 2.79. The van der Waals surface area contributed by atoms with E-state index in [1.807, 2.05) is 0 Å². The van der Waals surface area contributed by atoms with Crippen LogP contribution in [-0.4, -0.2) is 0 Å². The average Bonchev–Trinajstić information content (AvgIpc) is 2.47. The van der Waals surface area contributed by atoms with Gasteiger partial charge in [-0.25, -0.2) is 0 Å². The second-order valence-electron chi connectivity index (χ2n) is 5.38. The SMILES string of the molecule is CC(c1cccc2ccccc12)C1C=CCCC1. The van der Waals surface area contributed by atoms with E-state index in [0.717, 1.165) is 0 Å². The molecule has 0 fully saturated rings. The summed E-state index contributed by atoms with van der Waals surface area (Å²) < 4.78 is 0. The van der Waals surface area contributed by atoms with E-state index in [-0.39, 0.29) is 0 Å². The molecule has 0 nitrogen and oxygen atoms in total. The molecule has 0 heteroatoms. The first-order chi connectivity index (χ1) is 8.86. The molecule has 0 aromatic heterocycles. The molecule has 0 aliphatic heterocycles. The summed E-state index contributed by atoms with van der Waals surface area (Å²) in [6.45, 7) is 2.38. The molecular formula is C18H20. The van der Waals surface area contributed by atoms with Crippen molar-refractivity contribution < 1.29 is 0 Å². The fourth-order valence-electron chi connectivity index (χ4n) is 3.13. The zero-order valence-corrected chi connectivity index (χ0v) is 11.0. The molecule has 0 heterocycles. The van der Waals surface area contributed by atoms with Gasteiger partial charge in [0.15, 0.2) is 0 Å². The summed E-state index contributed by atoms with van der Waals surface area (Å²) in [6, 6.07) is 15.4. The van der Waals surface area contributed by atoms with Crippen LogP contribution in [0, 0.1) is 5.92 Å². The first-order valence-corrected chi connectivity index (χ1v) is 7.00. The van der Waals surface area contributed by atoms with Crippen LogP contribution in [-0.2, 0) is 0 Å². The molecule has 0 radical (unpaired) electrons. The molecule has 92 valence electrons. The Morgan fingerprint density at radius 1 is 1.06 bits per heavy atom. The Labute approximate surface area is 109 Å². The number of benzene rings is 2. The molecule has 2 unspecified atom stereocenters. The van der Waals surface area contributed by atoms with Crippen LogP contribution in [0.25, 0.3) is 10.8 Å². The minimum Gasteiger partial charge on any atom is -0.0882 e. The van der Waals surface area contributed by atoms with E-state index in [9.17, 15) is 0 Å². The Morgan fingerprint density at radius 3 is 2.72 bits per heavy atom. The van der Waals surface area contributed by atoms with Crippen molar-refractivity contribution in [2.45, 2.75) is 32.1 Å². The standard InChI is InChI=1S/C18H20/c1-14(15-8-3-2-4-9-15)17-13-7-11-16-10-5-6-12-18(16)17/h3,5-8,10-15H,2,4,9H2,1H3. The summed E-state index contributed by atoms with van der Waals surface area (Å²) in [7, 11) is 0. The van der Waals surface area contributed by atoms with Crippen molar-refractivity contribution in [3.8, 4) is 0 Å². The van der Waals surface area contributed by atoms with E-state index in [4.69, 9.17) is 0 Å². The first-order valence-electron chi connectivity index (χ1n) is 7.00. The number of hydrogen-bond donors (Lipinski definition) is 0. The second kappa shape index (κ2) is 4.97. The lowest BCUT2D eigenvalue weighted by atomic mass is 9.80. The third-order valence-electron chi connectivity index (χ3n) is 4.25. The molecule has 2 aromatic carbocycles. The molecule has 0 saturated carbocycles. The van der Waals surface area contributed by atoms with Crippen molar-refractivity contribution in [2.75, 3.05) is 0 Å². The maximum atomic E-state index is 2.43. The Hall–Kier alpha value is -1.56. The van der Waals surface area contributed by atoms with Crippen molar-refractivity contribution in [1.29, 1.82) is 0 Å². The zero-order chi connectivity index (χ0) is 12.4. The maximum Gasteiger partial charge on any atom is -0.0121 e. The molecule has 3 rings (SSSR count). The van der Waals surface area contributed by atoms with Crippen molar-refractivity contribution in [1.82, 2.24) is 0 Å². The van der Waals surface area contributed by atoms with Gasteiger partial charge in [-0.3, -0.25) is 0 Å². The van der Waals surface area contributed by atoms with Crippen LogP contribution < -0.4 is 0 Å². The van der Waals surface area contributed by atoms with Gasteiger partial charge in [0, 0.05) is 0 Å². The van der Waals surface area contributed by atoms with E-state index < -0.39 is 0 Å². The van der Waals surface area contributed by atoms with Crippen LogP contribution >= 0.6 is 0 Å². The molecule has 1 aliphatic carbocycles. The van der Waals surface area contributed by atoms with Gasteiger partial charge < -0.3 is 0 Å². The van der Waals surface area contributed by atoms with Crippen molar-refractivity contribution >= 4 is 10.8 Å². The Morgan fingerprint density at radius 2 is 1.89 bits per heavy atom. The van der Waals surface area contributed by atoms with Gasteiger partial charge in [-0.2, -0.15) is 0 Å². The molecule has 0 saturated heterocycles. The maximum absolute atomic E-state index is 2.43. The highest BCUT2D eigenvalue weighted by Crippen LogP contribution is 2.35. The van der Waals surface area contributed by atoms with E-state index in [1.165, 1.54) is 35.6 Å². The van der Waals surface area contributed by atoms with E-state index in [0.29, 0.717) is 11.8 Å². The van der Waals surface area contributed by atoms with Gasteiger partial charge in [-0.15, -0.1) is 0 Å². The quantitative estimate of drug-likeness (QED) is 0.621. The van der Waals surface area contributed by atoms with Crippen LogP contribution in [0.5, 0.6) is 0 Å². The minimum absolute atomic E-state index is 0.618. The summed E-state index contributed by atoms with van der Waals surface area (Å²) >= 11 is 0. The highest BCUT2D eigenvalue weighted by molar-refractivity contribution is 5.86. The molecule has 0 amide bonds. The van der Waals surface area contributed by atoms with Gasteiger partial charge in [0.2, 0.25) is 0 Å². The van der Waals surface area contributed by atoms with Crippen LogP contribution in [0.3, 0.4) is 0 Å². The first kappa shape index (κ1) is 11.5. The topological polar surface area (TPSA) is 0 Å². The van der Waals surface area contributed by atoms with Gasteiger partial charge in [-0.05, 0) is 47.4 Å². The van der Waals surface area contributed by atoms with Crippen molar-refractivity contribution in [3.63, 3.8) is 0 Å². The fraction of sp³-hybridized carbons (Fsp3) is 0.333. The molecule has 2 aromatic rings. The molecule has 0 bridgehead atoms. The summed E-state index contributed by atoms with van der Waals surface area (Å²) in [4.78, 5) is 0. The highest BCUT2D eigenvalue weighted by Gasteiger charge is 2.19. The summed E-state index contributed by atoms with van der Waals surface area (Å²) in [5.41, 5.74) is 1.50. The summed E-state index contributed by atoms with van der Waals surface area (Å²) in [5.74, 6) is 1.33. The Bertz CT molecular complexity index is 560. The monoisotopic (exact) mass is 236 g/mol. The minimum atomic E-state index is 0.618. The largest absolute Gasteiger partial charge is 0.0882 e. The average molecular weight is 236 g/mol. The fourth-order valence-corrected chi connectivity index (χ4v) is 3.13. The van der Waals surface area contributed by atoms with Gasteiger partial charge in [-0.1, -0.05) is 61.5 Å². The van der Waals surface area contributed by atoms with Gasteiger partial charge in [0.25, 0.3) is 0 Å². The van der Waals surface area contributed by atoms with Gasteiger partial charge in [0.05, 0.1) is 0 Å². The second-order valence-corrected chi connectivity index (χ2v) is 5.38. The van der Waals surface area contributed by atoms with E-state index in [2.05, 4.69) is 61.5 Å². The smallest absolute Gasteiger partial charge is 0.0121 e. The van der Waals surface area contributed by atoms with Crippen LogP contribution in [0.4, 0.5) is 0 Å². The predicted molar refractivity (Wildman–Crippen MR) is 78.8 cm³/mol. The predicted octanol–water partition coefficient (Wildman–Crippen LogP) is 5.30. The van der Waals surface area contributed by atoms with Crippen LogP contribution in [0.2, 0.25) is 0 Å². The lowest BCUT2D eigenvalue weighted by Crippen LogP contribution is -2.10. The van der Waals surface area contributed by atoms with E-state index in [1.54, 1.807) is 0 Å². The van der Waals surface area contributed by atoms with Gasteiger partial charge >= 0.3 is 0 Å². The number of rotatable bonds is 2. The third kappa shape index (κ3) is 2.08. The van der Waals surface area contributed by atoms with Crippen LogP contribution in [0.1, 0.15) is 37.7 Å². The Kier molecular flexibility index (Phi) is 3.19. The van der Waals surface area contributed by atoms with E-state index >= 15 is 0 Å². The van der Waals surface area contributed by atoms with Gasteiger partial charge in [0.1, 0.15) is 0 Å². The Balaban J connectivity index is 2.03. The normalized spacial score (nSPS) is 21.1. The molecule has 1 aliphatic rings. The molecular weight excluding hydrogens is 216 g/mol. The molecule has 0 spiro atoms. The molecule has 18 heavy (non-hydrogen) atoms.